The zero-order chi connectivity index (χ0) is 21.1. The van der Waals surface area contributed by atoms with E-state index in [4.69, 9.17) is 23.7 Å². The lowest BCUT2D eigenvalue weighted by molar-refractivity contribution is -0.279. The van der Waals surface area contributed by atoms with Crippen molar-refractivity contribution in [2.24, 2.45) is 5.41 Å². The highest BCUT2D eigenvalue weighted by Crippen LogP contribution is 2.59. The Morgan fingerprint density at radius 1 is 1.00 bits per heavy atom. The highest BCUT2D eigenvalue weighted by Gasteiger charge is 2.68. The van der Waals surface area contributed by atoms with Crippen LogP contribution in [-0.4, -0.2) is 44.8 Å². The van der Waals surface area contributed by atoms with Gasteiger partial charge in [-0.2, -0.15) is 0 Å². The molecule has 2 saturated heterocycles. The van der Waals surface area contributed by atoms with Crippen molar-refractivity contribution in [3.8, 4) is 0 Å². The molecule has 0 aliphatic carbocycles. The summed E-state index contributed by atoms with van der Waals surface area (Å²) >= 11 is 0. The maximum Gasteiger partial charge on any atom is 0.306 e. The first kappa shape index (κ1) is 21.0. The Morgan fingerprint density at radius 3 is 2.30 bits per heavy atom. The third kappa shape index (κ3) is 3.65. The molecule has 0 N–H and O–H groups in total. The van der Waals surface area contributed by atoms with Crippen molar-refractivity contribution < 1.29 is 28.5 Å². The Kier molecular flexibility index (Phi) is 6.20. The minimum absolute atomic E-state index is 0.0598. The SMILES string of the molecule is COC(=O)C[C@@]12[C@@H](OC)O[C@H](C)[C@@H](O[C@@H]1c1ccccc1)[C@H]2OCc1ccccc1. The van der Waals surface area contributed by atoms with Gasteiger partial charge in [0.25, 0.3) is 0 Å². The number of rotatable bonds is 7. The summed E-state index contributed by atoms with van der Waals surface area (Å²) in [6.45, 7) is 2.35. The average Bonchev–Trinajstić information content (AvgIpc) is 3.05. The van der Waals surface area contributed by atoms with E-state index in [1.54, 1.807) is 7.11 Å². The Morgan fingerprint density at radius 2 is 1.67 bits per heavy atom. The Bertz CT molecular complexity index is 841. The topological polar surface area (TPSA) is 63.2 Å². The zero-order valence-electron chi connectivity index (χ0n) is 17.5. The van der Waals surface area contributed by atoms with E-state index in [0.29, 0.717) is 6.61 Å². The van der Waals surface area contributed by atoms with Crippen LogP contribution in [0.1, 0.15) is 30.6 Å². The van der Waals surface area contributed by atoms with Crippen LogP contribution < -0.4 is 0 Å². The smallest absolute Gasteiger partial charge is 0.306 e. The lowest BCUT2D eigenvalue weighted by Crippen LogP contribution is -2.59. The average molecular weight is 412 g/mol. The Hall–Kier alpha value is -2.25. The van der Waals surface area contributed by atoms with Crippen LogP contribution in [0.4, 0.5) is 0 Å². The summed E-state index contributed by atoms with van der Waals surface area (Å²) in [7, 11) is 2.98. The first-order valence-electron chi connectivity index (χ1n) is 10.2. The van der Waals surface area contributed by atoms with Gasteiger partial charge in [0.1, 0.15) is 12.2 Å². The molecule has 2 aliphatic rings. The Labute approximate surface area is 177 Å². The van der Waals surface area contributed by atoms with E-state index in [2.05, 4.69) is 0 Å². The van der Waals surface area contributed by atoms with Crippen LogP contribution in [0.2, 0.25) is 0 Å². The molecular weight excluding hydrogens is 384 g/mol. The number of ether oxygens (including phenoxy) is 5. The van der Waals surface area contributed by atoms with Crippen molar-refractivity contribution in [2.75, 3.05) is 14.2 Å². The van der Waals surface area contributed by atoms with Crippen LogP contribution in [0.25, 0.3) is 0 Å². The fraction of sp³-hybridized carbons (Fsp3) is 0.458. The monoisotopic (exact) mass is 412 g/mol. The van der Waals surface area contributed by atoms with Gasteiger partial charge in [0, 0.05) is 7.11 Å². The van der Waals surface area contributed by atoms with Crippen LogP contribution in [0.5, 0.6) is 0 Å². The fourth-order valence-corrected chi connectivity index (χ4v) is 4.72. The molecule has 2 aromatic carbocycles. The summed E-state index contributed by atoms with van der Waals surface area (Å²) in [4.78, 5) is 12.6. The highest BCUT2D eigenvalue weighted by atomic mass is 16.7. The predicted octanol–water partition coefficient (Wildman–Crippen LogP) is 3.65. The van der Waals surface area contributed by atoms with Gasteiger partial charge in [-0.1, -0.05) is 60.7 Å². The lowest BCUT2D eigenvalue weighted by atomic mass is 9.69. The summed E-state index contributed by atoms with van der Waals surface area (Å²) in [5.74, 6) is -0.353. The van der Waals surface area contributed by atoms with Crippen molar-refractivity contribution in [3.05, 3.63) is 71.8 Å². The van der Waals surface area contributed by atoms with Gasteiger partial charge in [0.2, 0.25) is 0 Å². The number of methoxy groups -OCH3 is 2. The summed E-state index contributed by atoms with van der Waals surface area (Å²) in [5.41, 5.74) is 1.13. The minimum Gasteiger partial charge on any atom is -0.469 e. The molecule has 0 amide bonds. The number of benzene rings is 2. The molecule has 6 nitrogen and oxygen atoms in total. The van der Waals surface area contributed by atoms with Gasteiger partial charge >= 0.3 is 5.97 Å². The minimum atomic E-state index is -0.880. The first-order valence-corrected chi connectivity index (χ1v) is 10.2. The molecule has 30 heavy (non-hydrogen) atoms. The van der Waals surface area contributed by atoms with Crippen molar-refractivity contribution in [3.63, 3.8) is 0 Å². The van der Waals surface area contributed by atoms with Gasteiger partial charge < -0.3 is 23.7 Å². The van der Waals surface area contributed by atoms with Gasteiger partial charge in [0.15, 0.2) is 6.29 Å². The molecule has 0 unspecified atom stereocenters. The molecule has 2 aromatic rings. The van der Waals surface area contributed by atoms with Crippen molar-refractivity contribution in [1.29, 1.82) is 0 Å². The molecule has 4 rings (SSSR count). The second-order valence-electron chi connectivity index (χ2n) is 7.88. The standard InChI is InChI=1S/C24H28O6/c1-16-20-22(28-15-17-10-6-4-7-11-17)24(14-19(25)26-2,23(27-3)29-16)21(30-20)18-12-8-5-9-13-18/h4-13,16,20-23H,14-15H2,1-3H3/t16-,20-,21-,22-,23+,24-/m1/s1. The van der Waals surface area contributed by atoms with Gasteiger partial charge in [0.05, 0.1) is 37.8 Å². The summed E-state index contributed by atoms with van der Waals surface area (Å²) in [5, 5.41) is 0. The number of fused-ring (bicyclic) bond motifs is 2. The molecular formula is C24H28O6. The van der Waals surface area contributed by atoms with Crippen molar-refractivity contribution in [1.82, 2.24) is 0 Å². The predicted molar refractivity (Wildman–Crippen MR) is 109 cm³/mol. The summed E-state index contributed by atoms with van der Waals surface area (Å²) in [6, 6.07) is 19.8. The third-order valence-corrected chi connectivity index (χ3v) is 6.12. The maximum atomic E-state index is 12.6. The van der Waals surface area contributed by atoms with Gasteiger partial charge in [-0.05, 0) is 18.1 Å². The second-order valence-corrected chi connectivity index (χ2v) is 7.88. The number of carbonyl (C=O) groups excluding carboxylic acids is 1. The number of hydrogen-bond donors (Lipinski definition) is 0. The van der Waals surface area contributed by atoms with Gasteiger partial charge in [-0.15, -0.1) is 0 Å². The molecule has 2 bridgehead atoms. The quantitative estimate of drug-likeness (QED) is 0.647. The second kappa shape index (κ2) is 8.86. The normalized spacial score (nSPS) is 32.7. The van der Waals surface area contributed by atoms with E-state index < -0.39 is 23.9 Å². The van der Waals surface area contributed by atoms with Crippen LogP contribution >= 0.6 is 0 Å². The molecule has 0 aromatic heterocycles. The van der Waals surface area contributed by atoms with Gasteiger partial charge in [-0.25, -0.2) is 0 Å². The van der Waals surface area contributed by atoms with Crippen LogP contribution in [0, 0.1) is 5.41 Å². The van der Waals surface area contributed by atoms with E-state index in [-0.39, 0.29) is 24.6 Å². The number of hydrogen-bond acceptors (Lipinski definition) is 6. The van der Waals surface area contributed by atoms with E-state index in [1.807, 2.05) is 67.6 Å². The maximum absolute atomic E-state index is 12.6. The highest BCUT2D eigenvalue weighted by molar-refractivity contribution is 5.70. The van der Waals surface area contributed by atoms with Crippen molar-refractivity contribution >= 4 is 5.97 Å². The van der Waals surface area contributed by atoms with Crippen LogP contribution in [-0.2, 0) is 35.1 Å². The van der Waals surface area contributed by atoms with E-state index in [0.717, 1.165) is 11.1 Å². The Balaban J connectivity index is 1.76. The van der Waals surface area contributed by atoms with E-state index in [9.17, 15) is 4.79 Å². The molecule has 2 aliphatic heterocycles. The molecule has 0 radical (unpaired) electrons. The van der Waals surface area contributed by atoms with Crippen LogP contribution in [0.3, 0.4) is 0 Å². The zero-order valence-corrected chi connectivity index (χ0v) is 17.5. The van der Waals surface area contributed by atoms with Crippen LogP contribution in [0.15, 0.2) is 60.7 Å². The largest absolute Gasteiger partial charge is 0.469 e. The molecule has 6 atom stereocenters. The summed E-state index contributed by atoms with van der Waals surface area (Å²) < 4.78 is 30.0. The molecule has 2 heterocycles. The number of esters is 1. The van der Waals surface area contributed by atoms with Gasteiger partial charge in [-0.3, -0.25) is 4.79 Å². The number of carbonyl (C=O) groups is 1. The lowest BCUT2D eigenvalue weighted by Gasteiger charge is -2.47. The molecule has 0 saturated carbocycles. The fourth-order valence-electron chi connectivity index (χ4n) is 4.72. The molecule has 6 heteroatoms. The van der Waals surface area contributed by atoms with E-state index >= 15 is 0 Å². The molecule has 2 fully saturated rings. The van der Waals surface area contributed by atoms with Crippen molar-refractivity contribution in [2.45, 2.75) is 50.7 Å². The first-order chi connectivity index (χ1) is 14.6. The van der Waals surface area contributed by atoms with E-state index in [1.165, 1.54) is 7.11 Å². The molecule has 0 spiro atoms. The summed E-state index contributed by atoms with van der Waals surface area (Å²) in [6.07, 6.45) is -2.06. The molecule has 160 valence electrons. The third-order valence-electron chi connectivity index (χ3n) is 6.12.